The van der Waals surface area contributed by atoms with Crippen molar-refractivity contribution in [1.29, 1.82) is 0 Å². The van der Waals surface area contributed by atoms with Crippen molar-refractivity contribution in [2.75, 3.05) is 49.5 Å². The van der Waals surface area contributed by atoms with Crippen LogP contribution in [0, 0.1) is 5.92 Å². The summed E-state index contributed by atoms with van der Waals surface area (Å²) >= 11 is 0. The fourth-order valence-corrected chi connectivity index (χ4v) is 9.39. The first-order chi connectivity index (χ1) is 25.1. The van der Waals surface area contributed by atoms with E-state index < -0.39 is 16.1 Å². The van der Waals surface area contributed by atoms with Gasteiger partial charge in [0.2, 0.25) is 21.9 Å². The van der Waals surface area contributed by atoms with Crippen LogP contribution in [0.5, 0.6) is 0 Å². The highest BCUT2D eigenvalue weighted by Gasteiger charge is 2.31. The van der Waals surface area contributed by atoms with Gasteiger partial charge in [-0.3, -0.25) is 19.7 Å². The fourth-order valence-electron chi connectivity index (χ4n) is 7.85. The van der Waals surface area contributed by atoms with Crippen LogP contribution in [0.3, 0.4) is 0 Å². The number of amides is 3. The van der Waals surface area contributed by atoms with Gasteiger partial charge in [-0.2, -0.15) is 9.40 Å². The molecule has 52 heavy (non-hydrogen) atoms. The van der Waals surface area contributed by atoms with E-state index in [1.54, 1.807) is 15.3 Å². The number of anilines is 2. The van der Waals surface area contributed by atoms with Gasteiger partial charge >= 0.3 is 6.03 Å². The number of imide groups is 1. The third-order valence-corrected chi connectivity index (χ3v) is 12.7. The highest BCUT2D eigenvalue weighted by Crippen LogP contribution is 2.34. The quantitative estimate of drug-likeness (QED) is 0.225. The maximum Gasteiger partial charge on any atom is 0.329 e. The molecule has 1 atom stereocenters. The van der Waals surface area contributed by atoms with Crippen LogP contribution in [0.2, 0.25) is 0 Å². The average molecular weight is 728 g/mol. The average Bonchev–Trinajstić information content (AvgIpc) is 3.47. The van der Waals surface area contributed by atoms with Crippen molar-refractivity contribution >= 4 is 44.6 Å². The number of aryl methyl sites for hydroxylation is 2. The third-order valence-electron chi connectivity index (χ3n) is 10.8. The molecule has 276 valence electrons. The lowest BCUT2D eigenvalue weighted by molar-refractivity contribution is -0.120. The Labute approximate surface area is 305 Å². The molecule has 0 spiro atoms. The number of benzene rings is 2. The molecule has 0 saturated carbocycles. The number of hydrogen-bond acceptors (Lipinski definition) is 9. The second kappa shape index (κ2) is 15.3. The van der Waals surface area contributed by atoms with Crippen LogP contribution in [0.4, 0.5) is 16.6 Å². The molecule has 3 aliphatic heterocycles. The van der Waals surface area contributed by atoms with E-state index in [0.29, 0.717) is 61.0 Å². The topological polar surface area (TPSA) is 146 Å². The zero-order chi connectivity index (χ0) is 36.4. The molecule has 3 fully saturated rings. The number of fused-ring (bicyclic) bond motifs is 1. The van der Waals surface area contributed by atoms with Gasteiger partial charge in [-0.25, -0.2) is 23.2 Å². The summed E-state index contributed by atoms with van der Waals surface area (Å²) in [5.41, 5.74) is 4.39. The number of sulfonamides is 1. The van der Waals surface area contributed by atoms with Gasteiger partial charge in [-0.15, -0.1) is 0 Å². The minimum Gasteiger partial charge on any atom is -0.351 e. The monoisotopic (exact) mass is 727 g/mol. The molecule has 2 aromatic carbocycles. The Morgan fingerprint density at radius 3 is 2.40 bits per heavy atom. The number of urea groups is 1. The number of hydrogen-bond donors (Lipinski definition) is 2. The van der Waals surface area contributed by atoms with Crippen molar-refractivity contribution < 1.29 is 18.0 Å². The van der Waals surface area contributed by atoms with Crippen LogP contribution in [0.15, 0.2) is 59.8 Å². The second-order valence-electron chi connectivity index (χ2n) is 14.6. The molecule has 14 heteroatoms. The molecular weight excluding hydrogens is 679 g/mol. The highest BCUT2D eigenvalue weighted by atomic mass is 32.2. The molecule has 13 nitrogen and oxygen atoms in total. The number of rotatable bonds is 11. The number of carbonyl (C=O) groups excluding carboxylic acids is 2. The number of carbonyl (C=O) groups is 2. The molecule has 3 saturated heterocycles. The van der Waals surface area contributed by atoms with Crippen LogP contribution >= 0.6 is 0 Å². The summed E-state index contributed by atoms with van der Waals surface area (Å²) in [6.45, 7) is 8.52. The van der Waals surface area contributed by atoms with Crippen molar-refractivity contribution in [1.82, 2.24) is 34.3 Å². The first-order valence-corrected chi connectivity index (χ1v) is 20.0. The summed E-state index contributed by atoms with van der Waals surface area (Å²) < 4.78 is 30.7. The standard InChI is InChI=1S/C38H49N9O4S/c1-4-27-23-39-37(40-24-27)41-31-12-17-46(18-13-31)52(50,51)32-7-5-6-28(21-32)20-26(2)25-45-15-10-29(11-16-45)30-8-9-33-34(22-30)44(3)43-36(33)47-19-14-35(48)42-38(47)49/h5-9,21-24,26,29,31H,4,10-20,25H2,1-3H3,(H,39,40,41)(H,42,48,49). The van der Waals surface area contributed by atoms with Crippen LogP contribution in [-0.4, -0.2) is 94.6 Å². The third kappa shape index (κ3) is 7.83. The summed E-state index contributed by atoms with van der Waals surface area (Å²) in [6.07, 6.45) is 9.14. The predicted molar refractivity (Wildman–Crippen MR) is 201 cm³/mol. The molecular formula is C38H49N9O4S. The summed E-state index contributed by atoms with van der Waals surface area (Å²) in [6, 6.07) is 13.6. The SMILES string of the molecule is CCc1cnc(NC2CCN(S(=O)(=O)c3cccc(CC(C)CN4CCC(c5ccc6c(N7CCC(=O)NC7=O)nn(C)c6c5)CC4)c3)CC2)nc1. The minimum atomic E-state index is -3.58. The molecule has 0 aliphatic carbocycles. The van der Waals surface area contributed by atoms with Gasteiger partial charge in [0.1, 0.15) is 0 Å². The molecule has 4 aromatic rings. The second-order valence-corrected chi connectivity index (χ2v) is 16.5. The zero-order valence-electron chi connectivity index (χ0n) is 30.3. The van der Waals surface area contributed by atoms with Crippen LogP contribution in [-0.2, 0) is 34.7 Å². The number of nitrogens with zero attached hydrogens (tertiary/aromatic N) is 7. The minimum absolute atomic E-state index is 0.138. The van der Waals surface area contributed by atoms with Crippen molar-refractivity contribution in [3.8, 4) is 0 Å². The van der Waals surface area contributed by atoms with E-state index in [9.17, 15) is 18.0 Å². The van der Waals surface area contributed by atoms with Crippen molar-refractivity contribution in [2.45, 2.75) is 75.6 Å². The van der Waals surface area contributed by atoms with Crippen LogP contribution < -0.4 is 15.5 Å². The molecule has 3 aliphatic rings. The van der Waals surface area contributed by atoms with Crippen molar-refractivity contribution in [3.63, 3.8) is 0 Å². The normalized spacial score (nSPS) is 19.2. The molecule has 7 rings (SSSR count). The van der Waals surface area contributed by atoms with E-state index >= 15 is 0 Å². The Morgan fingerprint density at radius 1 is 0.942 bits per heavy atom. The molecule has 5 heterocycles. The molecule has 3 amide bonds. The van der Waals surface area contributed by atoms with Crippen LogP contribution in [0.25, 0.3) is 10.9 Å². The first kappa shape index (κ1) is 36.0. The maximum absolute atomic E-state index is 13.7. The summed E-state index contributed by atoms with van der Waals surface area (Å²) in [5.74, 6) is 1.73. The Kier molecular flexibility index (Phi) is 10.6. The van der Waals surface area contributed by atoms with E-state index in [4.69, 9.17) is 0 Å². The summed E-state index contributed by atoms with van der Waals surface area (Å²) in [7, 11) is -1.69. The number of nitrogens with one attached hydrogen (secondary N) is 2. The first-order valence-electron chi connectivity index (χ1n) is 18.5. The Morgan fingerprint density at radius 2 is 1.69 bits per heavy atom. The van der Waals surface area contributed by atoms with Gasteiger partial charge < -0.3 is 10.2 Å². The number of likely N-dealkylation sites (tertiary alicyclic amines) is 1. The van der Waals surface area contributed by atoms with Gasteiger partial charge in [0.05, 0.1) is 10.4 Å². The maximum atomic E-state index is 13.7. The van der Waals surface area contributed by atoms with E-state index in [1.165, 1.54) is 5.56 Å². The van der Waals surface area contributed by atoms with E-state index in [1.807, 2.05) is 42.3 Å². The van der Waals surface area contributed by atoms with Crippen molar-refractivity contribution in [3.05, 3.63) is 71.5 Å². The largest absolute Gasteiger partial charge is 0.351 e. The van der Waals surface area contributed by atoms with Crippen LogP contribution in [0.1, 0.15) is 68.6 Å². The van der Waals surface area contributed by atoms with Gasteiger partial charge in [-0.05, 0) is 104 Å². The smallest absolute Gasteiger partial charge is 0.329 e. The fraction of sp³-hybridized carbons (Fsp3) is 0.500. The van der Waals surface area contributed by atoms with E-state index in [2.05, 4.69) is 62.6 Å². The highest BCUT2D eigenvalue weighted by molar-refractivity contribution is 7.89. The van der Waals surface area contributed by atoms with E-state index in [-0.39, 0.29) is 18.4 Å². The zero-order valence-corrected chi connectivity index (χ0v) is 31.1. The molecule has 1 unspecified atom stereocenters. The summed E-state index contributed by atoms with van der Waals surface area (Å²) in [5, 5.41) is 11.3. The molecule has 0 radical (unpaired) electrons. The van der Waals surface area contributed by atoms with E-state index in [0.717, 1.165) is 67.3 Å². The lowest BCUT2D eigenvalue weighted by Gasteiger charge is -2.34. The summed E-state index contributed by atoms with van der Waals surface area (Å²) in [4.78, 5) is 37.3. The number of aromatic nitrogens is 4. The van der Waals surface area contributed by atoms with Gasteiger partial charge in [0, 0.05) is 63.5 Å². The lowest BCUT2D eigenvalue weighted by atomic mass is 9.88. The molecule has 2 aromatic heterocycles. The van der Waals surface area contributed by atoms with Gasteiger partial charge in [-0.1, -0.05) is 32.0 Å². The Hall–Kier alpha value is -4.40. The predicted octanol–water partition coefficient (Wildman–Crippen LogP) is 4.70. The molecule has 2 N–H and O–H groups in total. The lowest BCUT2D eigenvalue weighted by Crippen LogP contribution is -2.49. The Balaban J connectivity index is 0.900. The molecule has 0 bridgehead atoms. The van der Waals surface area contributed by atoms with Gasteiger partial charge in [0.25, 0.3) is 0 Å². The Bertz CT molecular complexity index is 2020. The number of piperidine rings is 2. The van der Waals surface area contributed by atoms with Crippen molar-refractivity contribution in [2.24, 2.45) is 13.0 Å². The van der Waals surface area contributed by atoms with Gasteiger partial charge in [0.15, 0.2) is 5.82 Å².